The first-order valence-corrected chi connectivity index (χ1v) is 5.90. The first-order chi connectivity index (χ1) is 7.79. The molecule has 0 radical (unpaired) electrons. The Labute approximate surface area is 100 Å². The van der Waals surface area contributed by atoms with Gasteiger partial charge in [0.05, 0.1) is 6.10 Å². The molecule has 0 bridgehead atoms. The number of benzene rings is 1. The van der Waals surface area contributed by atoms with Crippen LogP contribution in [0.1, 0.15) is 18.4 Å². The normalized spacial score (nSPS) is 20.0. The topological polar surface area (TPSA) is 44.5 Å². The van der Waals surface area contributed by atoms with E-state index >= 15 is 0 Å². The molecule has 0 spiro atoms. The Morgan fingerprint density at radius 3 is 3.06 bits per heavy atom. The van der Waals surface area contributed by atoms with Gasteiger partial charge in [-0.15, -0.1) is 0 Å². The lowest BCUT2D eigenvalue weighted by Crippen LogP contribution is -2.17. The van der Waals surface area contributed by atoms with E-state index in [1.54, 1.807) is 0 Å². The summed E-state index contributed by atoms with van der Waals surface area (Å²) in [6, 6.07) is 5.51. The minimum Gasteiger partial charge on any atom is -0.491 e. The van der Waals surface area contributed by atoms with Gasteiger partial charge in [0.15, 0.2) is 0 Å². The number of nitrogens with two attached hydrogens (primary N) is 1. The van der Waals surface area contributed by atoms with Crippen LogP contribution in [0.25, 0.3) is 0 Å². The highest BCUT2D eigenvalue weighted by atomic mass is 35.5. The van der Waals surface area contributed by atoms with Crippen molar-refractivity contribution < 1.29 is 9.47 Å². The van der Waals surface area contributed by atoms with Crippen LogP contribution in [-0.2, 0) is 11.3 Å². The van der Waals surface area contributed by atoms with E-state index in [0.29, 0.717) is 18.2 Å². The third-order valence-electron chi connectivity index (χ3n) is 2.69. The molecular formula is C12H16ClNO2. The van der Waals surface area contributed by atoms with Gasteiger partial charge < -0.3 is 15.2 Å². The molecule has 0 aromatic heterocycles. The highest BCUT2D eigenvalue weighted by Crippen LogP contribution is 2.23. The van der Waals surface area contributed by atoms with Gasteiger partial charge in [0.25, 0.3) is 0 Å². The lowest BCUT2D eigenvalue weighted by molar-refractivity contribution is 0.0676. The fourth-order valence-corrected chi connectivity index (χ4v) is 2.00. The molecule has 88 valence electrons. The molecule has 4 heteroatoms. The molecule has 1 aromatic carbocycles. The van der Waals surface area contributed by atoms with Crippen LogP contribution in [0.3, 0.4) is 0 Å². The van der Waals surface area contributed by atoms with Crippen molar-refractivity contribution in [2.24, 2.45) is 5.73 Å². The monoisotopic (exact) mass is 241 g/mol. The summed E-state index contributed by atoms with van der Waals surface area (Å²) >= 11 is 5.89. The van der Waals surface area contributed by atoms with Crippen LogP contribution in [0.4, 0.5) is 0 Å². The van der Waals surface area contributed by atoms with E-state index in [1.165, 1.54) is 0 Å². The molecule has 1 unspecified atom stereocenters. The summed E-state index contributed by atoms with van der Waals surface area (Å²) in [5.41, 5.74) is 6.57. The fraction of sp³-hybridized carbons (Fsp3) is 0.500. The molecule has 3 nitrogen and oxygen atoms in total. The van der Waals surface area contributed by atoms with Crippen LogP contribution in [0.2, 0.25) is 5.02 Å². The quantitative estimate of drug-likeness (QED) is 0.880. The molecule has 1 aliphatic heterocycles. The smallest absolute Gasteiger partial charge is 0.124 e. The first-order valence-electron chi connectivity index (χ1n) is 5.52. The third-order valence-corrected chi connectivity index (χ3v) is 2.93. The fourth-order valence-electron chi connectivity index (χ4n) is 1.81. The lowest BCUT2D eigenvalue weighted by atomic mass is 10.2. The minimum absolute atomic E-state index is 0.223. The number of rotatable bonds is 4. The van der Waals surface area contributed by atoms with Crippen LogP contribution in [0.5, 0.6) is 5.75 Å². The van der Waals surface area contributed by atoms with E-state index in [0.717, 1.165) is 30.8 Å². The van der Waals surface area contributed by atoms with Crippen LogP contribution in [0, 0.1) is 0 Å². The zero-order valence-electron chi connectivity index (χ0n) is 9.12. The predicted octanol–water partition coefficient (Wildman–Crippen LogP) is 2.36. The van der Waals surface area contributed by atoms with E-state index in [1.807, 2.05) is 18.2 Å². The van der Waals surface area contributed by atoms with Gasteiger partial charge >= 0.3 is 0 Å². The van der Waals surface area contributed by atoms with Gasteiger partial charge in [0, 0.05) is 23.7 Å². The second kappa shape index (κ2) is 5.53. The number of ether oxygens (including phenoxy) is 2. The summed E-state index contributed by atoms with van der Waals surface area (Å²) in [4.78, 5) is 0. The summed E-state index contributed by atoms with van der Waals surface area (Å²) in [6.45, 7) is 1.87. The molecule has 16 heavy (non-hydrogen) atoms. The third kappa shape index (κ3) is 2.88. The molecule has 0 saturated carbocycles. The molecule has 2 N–H and O–H groups in total. The second-order valence-corrected chi connectivity index (χ2v) is 4.34. The molecule has 0 aliphatic carbocycles. The van der Waals surface area contributed by atoms with Crippen LogP contribution < -0.4 is 10.5 Å². The van der Waals surface area contributed by atoms with Crippen molar-refractivity contribution in [1.29, 1.82) is 0 Å². The maximum absolute atomic E-state index is 5.89. The summed E-state index contributed by atoms with van der Waals surface area (Å²) in [5.74, 6) is 0.808. The maximum Gasteiger partial charge on any atom is 0.124 e. The molecule has 0 amide bonds. The van der Waals surface area contributed by atoms with Crippen molar-refractivity contribution in [3.8, 4) is 5.75 Å². The van der Waals surface area contributed by atoms with Gasteiger partial charge in [-0.05, 0) is 31.0 Å². The van der Waals surface area contributed by atoms with Crippen molar-refractivity contribution >= 4 is 11.6 Å². The Bertz CT molecular complexity index is 351. The summed E-state index contributed by atoms with van der Waals surface area (Å²) in [7, 11) is 0. The van der Waals surface area contributed by atoms with Gasteiger partial charge in [0.1, 0.15) is 12.4 Å². The van der Waals surface area contributed by atoms with E-state index < -0.39 is 0 Å². The average molecular weight is 242 g/mol. The van der Waals surface area contributed by atoms with Crippen molar-refractivity contribution in [2.75, 3.05) is 13.2 Å². The van der Waals surface area contributed by atoms with Crippen LogP contribution in [-0.4, -0.2) is 19.3 Å². The van der Waals surface area contributed by atoms with Crippen molar-refractivity contribution in [3.05, 3.63) is 28.8 Å². The highest BCUT2D eigenvalue weighted by molar-refractivity contribution is 6.30. The van der Waals surface area contributed by atoms with Crippen LogP contribution in [0.15, 0.2) is 18.2 Å². The lowest BCUT2D eigenvalue weighted by Gasteiger charge is -2.14. The Balaban J connectivity index is 1.97. The Morgan fingerprint density at radius 2 is 2.38 bits per heavy atom. The van der Waals surface area contributed by atoms with E-state index in [9.17, 15) is 0 Å². The average Bonchev–Trinajstić information content (AvgIpc) is 2.80. The van der Waals surface area contributed by atoms with Gasteiger partial charge in [0.2, 0.25) is 0 Å². The van der Waals surface area contributed by atoms with Crippen molar-refractivity contribution in [1.82, 2.24) is 0 Å². The summed E-state index contributed by atoms with van der Waals surface area (Å²) < 4.78 is 11.2. The standard InChI is InChI=1S/C12H16ClNO2/c13-10-3-4-12(9(6-10)7-14)16-8-11-2-1-5-15-11/h3-4,6,11H,1-2,5,7-8,14H2. The molecule has 1 saturated heterocycles. The molecule has 1 atom stereocenters. The minimum atomic E-state index is 0.223. The Kier molecular flexibility index (Phi) is 4.04. The largest absolute Gasteiger partial charge is 0.491 e. The number of hydrogen-bond donors (Lipinski definition) is 1. The van der Waals surface area contributed by atoms with E-state index in [-0.39, 0.29) is 6.10 Å². The maximum atomic E-state index is 5.89. The van der Waals surface area contributed by atoms with Crippen LogP contribution >= 0.6 is 11.6 Å². The predicted molar refractivity (Wildman–Crippen MR) is 63.8 cm³/mol. The SMILES string of the molecule is NCc1cc(Cl)ccc1OCC1CCCO1. The summed E-state index contributed by atoms with van der Waals surface area (Å²) in [6.07, 6.45) is 2.42. The Morgan fingerprint density at radius 1 is 1.50 bits per heavy atom. The Hall–Kier alpha value is -0.770. The van der Waals surface area contributed by atoms with Crippen molar-refractivity contribution in [3.63, 3.8) is 0 Å². The van der Waals surface area contributed by atoms with E-state index in [4.69, 9.17) is 26.8 Å². The molecular weight excluding hydrogens is 226 g/mol. The zero-order valence-corrected chi connectivity index (χ0v) is 9.87. The molecule has 1 aliphatic rings. The molecule has 1 heterocycles. The van der Waals surface area contributed by atoms with Gasteiger partial charge in [-0.25, -0.2) is 0 Å². The number of hydrogen-bond acceptors (Lipinski definition) is 3. The second-order valence-electron chi connectivity index (χ2n) is 3.90. The molecule has 2 rings (SSSR count). The van der Waals surface area contributed by atoms with E-state index in [2.05, 4.69) is 0 Å². The highest BCUT2D eigenvalue weighted by Gasteiger charge is 2.16. The van der Waals surface area contributed by atoms with Gasteiger partial charge in [-0.1, -0.05) is 11.6 Å². The van der Waals surface area contributed by atoms with Gasteiger partial charge in [-0.2, -0.15) is 0 Å². The first kappa shape index (κ1) is 11.7. The number of halogens is 1. The summed E-state index contributed by atoms with van der Waals surface area (Å²) in [5, 5.41) is 0.685. The van der Waals surface area contributed by atoms with Gasteiger partial charge in [-0.3, -0.25) is 0 Å². The molecule has 1 fully saturated rings. The zero-order chi connectivity index (χ0) is 11.4. The molecule has 1 aromatic rings. The van der Waals surface area contributed by atoms with Crippen molar-refractivity contribution in [2.45, 2.75) is 25.5 Å².